The zero-order chi connectivity index (χ0) is 11.7. The van der Waals surface area contributed by atoms with E-state index in [2.05, 4.69) is 29.2 Å². The van der Waals surface area contributed by atoms with Crippen LogP contribution >= 0.6 is 0 Å². The number of hydrogen-bond donors (Lipinski definition) is 1. The summed E-state index contributed by atoms with van der Waals surface area (Å²) in [6.45, 7) is 3.73. The van der Waals surface area contributed by atoms with E-state index in [0.29, 0.717) is 5.92 Å². The molecule has 0 aromatic heterocycles. The highest BCUT2D eigenvalue weighted by Crippen LogP contribution is 2.28. The molecule has 2 unspecified atom stereocenters. The van der Waals surface area contributed by atoms with Crippen LogP contribution in [-0.4, -0.2) is 32.3 Å². The van der Waals surface area contributed by atoms with Crippen molar-refractivity contribution in [3.63, 3.8) is 0 Å². The van der Waals surface area contributed by atoms with E-state index < -0.39 is 0 Å². The van der Waals surface area contributed by atoms with Gasteiger partial charge in [0.2, 0.25) is 0 Å². The van der Waals surface area contributed by atoms with Crippen LogP contribution in [0, 0.1) is 5.92 Å². The molecule has 1 aromatic rings. The smallest absolute Gasteiger partial charge is 0.0621 e. The van der Waals surface area contributed by atoms with Crippen molar-refractivity contribution in [1.82, 2.24) is 0 Å². The molecule has 1 fully saturated rings. The first kappa shape index (κ1) is 11.1. The van der Waals surface area contributed by atoms with E-state index in [1.807, 2.05) is 0 Å². The molecule has 92 valence electrons. The number of fused-ring (bicyclic) bond motifs is 1. The summed E-state index contributed by atoms with van der Waals surface area (Å²) in [6.07, 6.45) is 2.46. The van der Waals surface area contributed by atoms with Gasteiger partial charge in [-0.1, -0.05) is 18.2 Å². The summed E-state index contributed by atoms with van der Waals surface area (Å²) in [6, 6.07) is 8.95. The van der Waals surface area contributed by atoms with Crippen LogP contribution < -0.4 is 10.6 Å². The van der Waals surface area contributed by atoms with Gasteiger partial charge in [-0.15, -0.1) is 0 Å². The number of rotatable bonds is 2. The zero-order valence-corrected chi connectivity index (χ0v) is 10.1. The Bertz CT molecular complexity index is 394. The first-order valence-electron chi connectivity index (χ1n) is 6.51. The standard InChI is InChI=1S/C14H20N2O/c15-13-10-17-9-12(13)8-16-7-3-5-11-4-1-2-6-14(11)16/h1-2,4,6,12-13H,3,5,7-10,15H2. The molecule has 0 aliphatic carbocycles. The number of anilines is 1. The summed E-state index contributed by atoms with van der Waals surface area (Å²) in [5.41, 5.74) is 8.94. The molecule has 2 aliphatic heterocycles. The van der Waals surface area contributed by atoms with Crippen molar-refractivity contribution in [2.24, 2.45) is 11.7 Å². The van der Waals surface area contributed by atoms with Crippen molar-refractivity contribution in [1.29, 1.82) is 0 Å². The summed E-state index contributed by atoms with van der Waals surface area (Å²) in [7, 11) is 0. The first-order valence-corrected chi connectivity index (χ1v) is 6.51. The first-order chi connectivity index (χ1) is 8.34. The average molecular weight is 232 g/mol. The lowest BCUT2D eigenvalue weighted by Crippen LogP contribution is -2.40. The Labute approximate surface area is 103 Å². The molecule has 3 nitrogen and oxygen atoms in total. The van der Waals surface area contributed by atoms with Gasteiger partial charge < -0.3 is 15.4 Å². The maximum absolute atomic E-state index is 6.06. The highest BCUT2D eigenvalue weighted by Gasteiger charge is 2.28. The number of ether oxygens (including phenoxy) is 1. The van der Waals surface area contributed by atoms with E-state index in [4.69, 9.17) is 10.5 Å². The van der Waals surface area contributed by atoms with Gasteiger partial charge in [0.05, 0.1) is 13.2 Å². The summed E-state index contributed by atoms with van der Waals surface area (Å²) in [5, 5.41) is 0. The molecule has 2 atom stereocenters. The molecule has 17 heavy (non-hydrogen) atoms. The fraction of sp³-hybridized carbons (Fsp3) is 0.571. The number of benzene rings is 1. The van der Waals surface area contributed by atoms with Crippen LogP contribution in [0.15, 0.2) is 24.3 Å². The molecule has 2 aliphatic rings. The van der Waals surface area contributed by atoms with Crippen LogP contribution in [0.4, 0.5) is 5.69 Å². The SMILES string of the molecule is NC1COCC1CN1CCCc2ccccc21. The molecule has 3 rings (SSSR count). The number of aryl methyl sites for hydroxylation is 1. The topological polar surface area (TPSA) is 38.5 Å². The van der Waals surface area contributed by atoms with Crippen molar-refractivity contribution < 1.29 is 4.74 Å². The third-order valence-corrected chi connectivity index (χ3v) is 3.91. The van der Waals surface area contributed by atoms with Crippen LogP contribution in [0.25, 0.3) is 0 Å². The van der Waals surface area contributed by atoms with E-state index in [1.54, 1.807) is 0 Å². The zero-order valence-electron chi connectivity index (χ0n) is 10.1. The lowest BCUT2D eigenvalue weighted by molar-refractivity contribution is 0.184. The normalized spacial score (nSPS) is 28.2. The molecule has 2 heterocycles. The predicted octanol–water partition coefficient (Wildman–Crippen LogP) is 1.41. The minimum Gasteiger partial charge on any atom is -0.379 e. The minimum absolute atomic E-state index is 0.212. The predicted molar refractivity (Wildman–Crippen MR) is 69.3 cm³/mol. The molecule has 0 radical (unpaired) electrons. The van der Waals surface area contributed by atoms with Crippen LogP contribution in [0.5, 0.6) is 0 Å². The maximum Gasteiger partial charge on any atom is 0.0621 e. The Balaban J connectivity index is 1.76. The van der Waals surface area contributed by atoms with Gasteiger partial charge in [0.1, 0.15) is 0 Å². The van der Waals surface area contributed by atoms with Crippen molar-refractivity contribution in [3.8, 4) is 0 Å². The van der Waals surface area contributed by atoms with E-state index in [1.165, 1.54) is 24.1 Å². The van der Waals surface area contributed by atoms with Gasteiger partial charge in [-0.05, 0) is 24.5 Å². The second-order valence-electron chi connectivity index (χ2n) is 5.14. The van der Waals surface area contributed by atoms with Crippen molar-refractivity contribution in [3.05, 3.63) is 29.8 Å². The molecular weight excluding hydrogens is 212 g/mol. The van der Waals surface area contributed by atoms with Crippen LogP contribution in [0.3, 0.4) is 0 Å². The second-order valence-corrected chi connectivity index (χ2v) is 5.14. The summed E-state index contributed by atoms with van der Waals surface area (Å²) in [5.74, 6) is 0.487. The minimum atomic E-state index is 0.212. The van der Waals surface area contributed by atoms with Gasteiger partial charge >= 0.3 is 0 Å². The van der Waals surface area contributed by atoms with Crippen molar-refractivity contribution in [2.75, 3.05) is 31.2 Å². The fourth-order valence-electron chi connectivity index (χ4n) is 2.89. The van der Waals surface area contributed by atoms with Crippen LogP contribution in [0.1, 0.15) is 12.0 Å². The van der Waals surface area contributed by atoms with E-state index in [9.17, 15) is 0 Å². The molecule has 3 heteroatoms. The number of nitrogens with zero attached hydrogens (tertiary/aromatic N) is 1. The van der Waals surface area contributed by atoms with E-state index in [0.717, 1.165) is 26.3 Å². The van der Waals surface area contributed by atoms with Crippen molar-refractivity contribution in [2.45, 2.75) is 18.9 Å². The van der Waals surface area contributed by atoms with E-state index in [-0.39, 0.29) is 6.04 Å². The Morgan fingerprint density at radius 3 is 3.00 bits per heavy atom. The van der Waals surface area contributed by atoms with Crippen LogP contribution in [-0.2, 0) is 11.2 Å². The Kier molecular flexibility index (Phi) is 3.04. The third-order valence-electron chi connectivity index (χ3n) is 3.91. The molecule has 0 saturated carbocycles. The van der Waals surface area contributed by atoms with Gasteiger partial charge in [-0.25, -0.2) is 0 Å². The Morgan fingerprint density at radius 1 is 1.29 bits per heavy atom. The highest BCUT2D eigenvalue weighted by molar-refractivity contribution is 5.55. The monoisotopic (exact) mass is 232 g/mol. The molecule has 1 aromatic carbocycles. The van der Waals surface area contributed by atoms with Gasteiger partial charge in [-0.3, -0.25) is 0 Å². The van der Waals surface area contributed by atoms with Gasteiger partial charge in [0.15, 0.2) is 0 Å². The summed E-state index contributed by atoms with van der Waals surface area (Å²) < 4.78 is 5.45. The number of nitrogens with two attached hydrogens (primary N) is 1. The van der Waals surface area contributed by atoms with Gasteiger partial charge in [-0.2, -0.15) is 0 Å². The average Bonchev–Trinajstić information content (AvgIpc) is 2.76. The fourth-order valence-corrected chi connectivity index (χ4v) is 2.89. The summed E-state index contributed by atoms with van der Waals surface area (Å²) in [4.78, 5) is 2.48. The largest absolute Gasteiger partial charge is 0.379 e. The summed E-state index contributed by atoms with van der Waals surface area (Å²) >= 11 is 0. The molecular formula is C14H20N2O. The number of para-hydroxylation sites is 1. The van der Waals surface area contributed by atoms with Gasteiger partial charge in [0.25, 0.3) is 0 Å². The molecule has 1 saturated heterocycles. The quantitative estimate of drug-likeness (QED) is 0.838. The third kappa shape index (κ3) is 2.17. The lowest BCUT2D eigenvalue weighted by atomic mass is 9.98. The molecule has 0 bridgehead atoms. The van der Waals surface area contributed by atoms with E-state index >= 15 is 0 Å². The Morgan fingerprint density at radius 2 is 2.18 bits per heavy atom. The molecule has 0 amide bonds. The Hall–Kier alpha value is -1.06. The lowest BCUT2D eigenvalue weighted by Gasteiger charge is -2.33. The highest BCUT2D eigenvalue weighted by atomic mass is 16.5. The second kappa shape index (κ2) is 4.67. The van der Waals surface area contributed by atoms with Gasteiger partial charge in [0, 0.05) is 30.7 Å². The molecule has 0 spiro atoms. The maximum atomic E-state index is 6.06. The van der Waals surface area contributed by atoms with Crippen molar-refractivity contribution >= 4 is 5.69 Å². The number of hydrogen-bond acceptors (Lipinski definition) is 3. The van der Waals surface area contributed by atoms with Crippen LogP contribution in [0.2, 0.25) is 0 Å². The molecule has 2 N–H and O–H groups in total.